The Labute approximate surface area is 184 Å². The summed E-state index contributed by atoms with van der Waals surface area (Å²) in [6.45, 7) is 1.61. The van der Waals surface area contributed by atoms with Crippen molar-refractivity contribution < 1.29 is 14.3 Å². The standard InChI is InChI=1S/C24H21N5O3/c1-31-18-6-2-16(3-7-18)14-32-19-8-4-17(5-9-19)21-22(20-10-11-25-15-27-20)28-29-13-12-26-24(30)23(21)29/h2-11,15H,12-14H2,1H3,(H,26,30). The first-order valence-corrected chi connectivity index (χ1v) is 10.2. The van der Waals surface area contributed by atoms with E-state index in [0.717, 1.165) is 28.2 Å². The number of carbonyl (C=O) groups excluding carboxylic acids is 1. The third kappa shape index (κ3) is 3.78. The molecule has 0 saturated carbocycles. The summed E-state index contributed by atoms with van der Waals surface area (Å²) in [7, 11) is 1.64. The van der Waals surface area contributed by atoms with Crippen molar-refractivity contribution in [2.24, 2.45) is 0 Å². The number of nitrogens with zero attached hydrogens (tertiary/aromatic N) is 4. The highest BCUT2D eigenvalue weighted by Crippen LogP contribution is 2.35. The predicted octanol–water partition coefficient (Wildman–Crippen LogP) is 3.34. The van der Waals surface area contributed by atoms with Crippen LogP contribution in [0.4, 0.5) is 0 Å². The van der Waals surface area contributed by atoms with Gasteiger partial charge in [0.1, 0.15) is 35.8 Å². The summed E-state index contributed by atoms with van der Waals surface area (Å²) in [6, 6.07) is 17.2. The molecule has 0 fully saturated rings. The SMILES string of the molecule is COc1ccc(COc2ccc(-c3c(-c4ccncn4)nn4c3C(=O)NCC4)cc2)cc1. The van der Waals surface area contributed by atoms with E-state index in [4.69, 9.17) is 9.47 Å². The summed E-state index contributed by atoms with van der Waals surface area (Å²) in [5.41, 5.74) is 4.53. The van der Waals surface area contributed by atoms with Gasteiger partial charge < -0.3 is 14.8 Å². The van der Waals surface area contributed by atoms with Crippen LogP contribution in [0.25, 0.3) is 22.5 Å². The molecule has 0 aliphatic carbocycles. The molecule has 1 aliphatic rings. The van der Waals surface area contributed by atoms with Crippen LogP contribution < -0.4 is 14.8 Å². The van der Waals surface area contributed by atoms with Gasteiger partial charge >= 0.3 is 0 Å². The van der Waals surface area contributed by atoms with Crippen LogP contribution in [-0.2, 0) is 13.2 Å². The molecule has 1 aliphatic heterocycles. The molecule has 0 radical (unpaired) electrons. The third-order valence-electron chi connectivity index (χ3n) is 5.31. The maximum Gasteiger partial charge on any atom is 0.270 e. The highest BCUT2D eigenvalue weighted by Gasteiger charge is 2.28. The van der Waals surface area contributed by atoms with Gasteiger partial charge in [0.2, 0.25) is 0 Å². The molecule has 4 aromatic rings. The number of aromatic nitrogens is 4. The molecule has 0 saturated heterocycles. The topological polar surface area (TPSA) is 91.2 Å². The van der Waals surface area contributed by atoms with Gasteiger partial charge in [-0.3, -0.25) is 9.48 Å². The molecule has 32 heavy (non-hydrogen) atoms. The second-order valence-corrected chi connectivity index (χ2v) is 7.31. The first kappa shape index (κ1) is 19.7. The van der Waals surface area contributed by atoms with E-state index in [1.54, 1.807) is 24.1 Å². The maximum absolute atomic E-state index is 12.7. The molecular weight excluding hydrogens is 406 g/mol. The van der Waals surface area contributed by atoms with Crippen LogP contribution in [0.2, 0.25) is 0 Å². The van der Waals surface area contributed by atoms with Gasteiger partial charge in [0, 0.05) is 18.3 Å². The molecule has 8 heteroatoms. The number of hydrogen-bond acceptors (Lipinski definition) is 6. The summed E-state index contributed by atoms with van der Waals surface area (Å²) in [4.78, 5) is 21.0. The van der Waals surface area contributed by atoms with Crippen LogP contribution in [0.5, 0.6) is 11.5 Å². The summed E-state index contributed by atoms with van der Waals surface area (Å²) < 4.78 is 12.9. The van der Waals surface area contributed by atoms with Crippen molar-refractivity contribution in [2.45, 2.75) is 13.2 Å². The van der Waals surface area contributed by atoms with Crippen LogP contribution >= 0.6 is 0 Å². The summed E-state index contributed by atoms with van der Waals surface area (Å²) in [5, 5.41) is 7.59. The van der Waals surface area contributed by atoms with E-state index in [1.165, 1.54) is 6.33 Å². The van der Waals surface area contributed by atoms with Crippen LogP contribution in [0, 0.1) is 0 Å². The Bertz CT molecular complexity index is 1240. The number of fused-ring (bicyclic) bond motifs is 1. The van der Waals surface area contributed by atoms with Crippen molar-refractivity contribution in [1.29, 1.82) is 0 Å². The van der Waals surface area contributed by atoms with E-state index < -0.39 is 0 Å². The van der Waals surface area contributed by atoms with E-state index in [9.17, 15) is 4.79 Å². The minimum atomic E-state index is -0.140. The number of amides is 1. The zero-order valence-corrected chi connectivity index (χ0v) is 17.5. The Morgan fingerprint density at radius 2 is 1.81 bits per heavy atom. The lowest BCUT2D eigenvalue weighted by Gasteiger charge is -2.15. The van der Waals surface area contributed by atoms with Gasteiger partial charge in [-0.2, -0.15) is 5.10 Å². The van der Waals surface area contributed by atoms with Crippen LogP contribution in [0.15, 0.2) is 67.1 Å². The van der Waals surface area contributed by atoms with Gasteiger partial charge in [0.05, 0.1) is 19.3 Å². The Morgan fingerprint density at radius 1 is 1.03 bits per heavy atom. The lowest BCUT2D eigenvalue weighted by molar-refractivity contribution is 0.0925. The highest BCUT2D eigenvalue weighted by atomic mass is 16.5. The number of rotatable bonds is 6. The van der Waals surface area contributed by atoms with Crippen molar-refractivity contribution in [1.82, 2.24) is 25.1 Å². The van der Waals surface area contributed by atoms with E-state index >= 15 is 0 Å². The maximum atomic E-state index is 12.7. The Balaban J connectivity index is 1.44. The van der Waals surface area contributed by atoms with Crippen molar-refractivity contribution in [3.05, 3.63) is 78.4 Å². The largest absolute Gasteiger partial charge is 0.497 e. The van der Waals surface area contributed by atoms with Crippen LogP contribution in [-0.4, -0.2) is 39.3 Å². The van der Waals surface area contributed by atoms with Gasteiger partial charge in [-0.05, 0) is 41.5 Å². The molecule has 1 N–H and O–H groups in total. The molecule has 1 amide bonds. The van der Waals surface area contributed by atoms with E-state index in [0.29, 0.717) is 36.8 Å². The molecule has 2 aromatic carbocycles. The Kier molecular flexibility index (Phi) is 5.25. The minimum absolute atomic E-state index is 0.140. The van der Waals surface area contributed by atoms with Gasteiger partial charge in [-0.25, -0.2) is 9.97 Å². The zero-order chi connectivity index (χ0) is 21.9. The van der Waals surface area contributed by atoms with Crippen molar-refractivity contribution in [3.63, 3.8) is 0 Å². The number of nitrogens with one attached hydrogen (secondary N) is 1. The summed E-state index contributed by atoms with van der Waals surface area (Å²) >= 11 is 0. The molecule has 3 heterocycles. The van der Waals surface area contributed by atoms with Crippen molar-refractivity contribution >= 4 is 5.91 Å². The highest BCUT2D eigenvalue weighted by molar-refractivity contribution is 6.03. The minimum Gasteiger partial charge on any atom is -0.497 e. The Morgan fingerprint density at radius 3 is 2.53 bits per heavy atom. The van der Waals surface area contributed by atoms with Gasteiger partial charge in [-0.15, -0.1) is 0 Å². The molecule has 8 nitrogen and oxygen atoms in total. The lowest BCUT2D eigenvalue weighted by atomic mass is 10.00. The average Bonchev–Trinajstić information content (AvgIpc) is 3.25. The monoisotopic (exact) mass is 427 g/mol. The fraction of sp³-hybridized carbons (Fsp3) is 0.167. The normalized spacial score (nSPS) is 12.7. The van der Waals surface area contributed by atoms with E-state index in [1.807, 2.05) is 48.5 Å². The Hall–Kier alpha value is -4.20. The van der Waals surface area contributed by atoms with Gasteiger partial charge in [0.15, 0.2) is 0 Å². The molecular formula is C24H21N5O3. The van der Waals surface area contributed by atoms with Crippen molar-refractivity contribution in [2.75, 3.05) is 13.7 Å². The smallest absolute Gasteiger partial charge is 0.270 e. The number of hydrogen-bond donors (Lipinski definition) is 1. The zero-order valence-electron chi connectivity index (χ0n) is 17.5. The number of methoxy groups -OCH3 is 1. The second kappa shape index (κ2) is 8.50. The molecule has 0 unspecified atom stereocenters. The van der Waals surface area contributed by atoms with Gasteiger partial charge in [-0.1, -0.05) is 24.3 Å². The predicted molar refractivity (Wildman–Crippen MR) is 118 cm³/mol. The molecule has 0 bridgehead atoms. The molecule has 0 spiro atoms. The van der Waals surface area contributed by atoms with E-state index in [-0.39, 0.29) is 5.91 Å². The number of ether oxygens (including phenoxy) is 2. The molecule has 5 rings (SSSR count). The molecule has 2 aromatic heterocycles. The van der Waals surface area contributed by atoms with Gasteiger partial charge in [0.25, 0.3) is 5.91 Å². The first-order valence-electron chi connectivity index (χ1n) is 10.2. The average molecular weight is 427 g/mol. The van der Waals surface area contributed by atoms with Crippen molar-refractivity contribution in [3.8, 4) is 34.0 Å². The summed E-state index contributed by atoms with van der Waals surface area (Å²) in [5.74, 6) is 1.41. The quantitative estimate of drug-likeness (QED) is 0.508. The van der Waals surface area contributed by atoms with Crippen LogP contribution in [0.1, 0.15) is 16.1 Å². The lowest BCUT2D eigenvalue weighted by Crippen LogP contribution is -2.35. The third-order valence-corrected chi connectivity index (χ3v) is 5.31. The fourth-order valence-electron chi connectivity index (χ4n) is 3.70. The number of benzene rings is 2. The first-order chi connectivity index (χ1) is 15.7. The molecule has 0 atom stereocenters. The summed E-state index contributed by atoms with van der Waals surface area (Å²) in [6.07, 6.45) is 3.15. The second-order valence-electron chi connectivity index (χ2n) is 7.31. The van der Waals surface area contributed by atoms with Crippen LogP contribution in [0.3, 0.4) is 0 Å². The number of carbonyl (C=O) groups is 1. The van der Waals surface area contributed by atoms with E-state index in [2.05, 4.69) is 20.4 Å². The molecule has 160 valence electrons. The fourth-order valence-corrected chi connectivity index (χ4v) is 3.70.